The third-order valence-corrected chi connectivity index (χ3v) is 2.65. The Bertz CT molecular complexity index is 538. The van der Waals surface area contributed by atoms with E-state index in [0.29, 0.717) is 5.56 Å². The number of hydrogen-bond donors (Lipinski definition) is 1. The summed E-state index contributed by atoms with van der Waals surface area (Å²) in [6.45, 7) is 3.71. The molecule has 2 aromatic carbocycles. The fraction of sp³-hybridized carbons (Fsp3) is 0. The van der Waals surface area contributed by atoms with Gasteiger partial charge in [-0.1, -0.05) is 49.1 Å². The minimum Gasteiger partial charge on any atom is -0.366 e. The van der Waals surface area contributed by atoms with Crippen molar-refractivity contribution >= 4 is 12.0 Å². The first-order valence-corrected chi connectivity index (χ1v) is 5.33. The lowest BCUT2D eigenvalue weighted by Gasteiger charge is -2.03. The van der Waals surface area contributed by atoms with Crippen LogP contribution < -0.4 is 5.73 Å². The van der Waals surface area contributed by atoms with E-state index in [1.165, 1.54) is 0 Å². The molecule has 17 heavy (non-hydrogen) atoms. The van der Waals surface area contributed by atoms with E-state index in [2.05, 4.69) is 6.58 Å². The SMILES string of the molecule is C=Cc1ccc(-c2ccc(C(N)=O)cc2)cc1. The Morgan fingerprint density at radius 3 is 1.82 bits per heavy atom. The van der Waals surface area contributed by atoms with Crippen molar-refractivity contribution in [2.75, 3.05) is 0 Å². The molecule has 2 aromatic rings. The summed E-state index contributed by atoms with van der Waals surface area (Å²) < 4.78 is 0. The summed E-state index contributed by atoms with van der Waals surface area (Å²) in [6.07, 6.45) is 1.81. The van der Waals surface area contributed by atoms with Crippen molar-refractivity contribution in [3.63, 3.8) is 0 Å². The molecule has 2 nitrogen and oxygen atoms in total. The zero-order valence-corrected chi connectivity index (χ0v) is 9.39. The molecule has 0 spiro atoms. The molecule has 0 radical (unpaired) electrons. The van der Waals surface area contributed by atoms with E-state index in [1.807, 2.05) is 36.4 Å². The molecule has 0 bridgehead atoms. The summed E-state index contributed by atoms with van der Waals surface area (Å²) in [4.78, 5) is 10.9. The molecule has 1 amide bonds. The fourth-order valence-electron chi connectivity index (χ4n) is 1.64. The molecule has 0 aliphatic rings. The largest absolute Gasteiger partial charge is 0.366 e. The van der Waals surface area contributed by atoms with Gasteiger partial charge in [0.1, 0.15) is 0 Å². The number of rotatable bonds is 3. The number of nitrogens with two attached hydrogens (primary N) is 1. The first kappa shape index (κ1) is 11.1. The van der Waals surface area contributed by atoms with Crippen LogP contribution in [-0.2, 0) is 0 Å². The van der Waals surface area contributed by atoms with Crippen LogP contribution in [0.3, 0.4) is 0 Å². The highest BCUT2D eigenvalue weighted by Gasteiger charge is 2.01. The van der Waals surface area contributed by atoms with Crippen molar-refractivity contribution in [1.82, 2.24) is 0 Å². The highest BCUT2D eigenvalue weighted by molar-refractivity contribution is 5.93. The lowest BCUT2D eigenvalue weighted by molar-refractivity contribution is 0.100. The lowest BCUT2D eigenvalue weighted by Crippen LogP contribution is -2.10. The van der Waals surface area contributed by atoms with Crippen LogP contribution in [0.15, 0.2) is 55.1 Å². The Labute approximate surface area is 100 Å². The zero-order chi connectivity index (χ0) is 12.3. The Balaban J connectivity index is 2.32. The van der Waals surface area contributed by atoms with Gasteiger partial charge in [0.15, 0.2) is 0 Å². The number of carbonyl (C=O) groups excluding carboxylic acids is 1. The Morgan fingerprint density at radius 2 is 1.41 bits per heavy atom. The highest BCUT2D eigenvalue weighted by atomic mass is 16.1. The molecule has 0 heterocycles. The Morgan fingerprint density at radius 1 is 0.941 bits per heavy atom. The van der Waals surface area contributed by atoms with E-state index in [0.717, 1.165) is 16.7 Å². The number of benzene rings is 2. The fourth-order valence-corrected chi connectivity index (χ4v) is 1.64. The molecule has 0 aromatic heterocycles. The van der Waals surface area contributed by atoms with Crippen LogP contribution in [0.5, 0.6) is 0 Å². The van der Waals surface area contributed by atoms with E-state index in [-0.39, 0.29) is 0 Å². The van der Waals surface area contributed by atoms with Gasteiger partial charge < -0.3 is 5.73 Å². The average molecular weight is 223 g/mol. The molecular formula is C15H13NO. The molecule has 0 unspecified atom stereocenters. The zero-order valence-electron chi connectivity index (χ0n) is 9.39. The molecule has 0 saturated heterocycles. The van der Waals surface area contributed by atoms with Gasteiger partial charge in [-0.2, -0.15) is 0 Å². The second-order valence-electron chi connectivity index (χ2n) is 3.77. The third-order valence-electron chi connectivity index (χ3n) is 2.65. The number of carbonyl (C=O) groups is 1. The Kier molecular flexibility index (Phi) is 3.06. The first-order valence-electron chi connectivity index (χ1n) is 5.33. The maximum atomic E-state index is 10.9. The van der Waals surface area contributed by atoms with E-state index in [9.17, 15) is 4.79 Å². The van der Waals surface area contributed by atoms with E-state index in [4.69, 9.17) is 5.73 Å². The van der Waals surface area contributed by atoms with Gasteiger partial charge in [-0.15, -0.1) is 0 Å². The minimum atomic E-state index is -0.404. The molecular weight excluding hydrogens is 210 g/mol. The lowest BCUT2D eigenvalue weighted by atomic mass is 10.0. The van der Waals surface area contributed by atoms with Gasteiger partial charge >= 0.3 is 0 Å². The van der Waals surface area contributed by atoms with Gasteiger partial charge in [0.2, 0.25) is 5.91 Å². The summed E-state index contributed by atoms with van der Waals surface area (Å²) in [5.41, 5.74) is 8.96. The van der Waals surface area contributed by atoms with E-state index >= 15 is 0 Å². The number of primary amides is 1. The van der Waals surface area contributed by atoms with Crippen molar-refractivity contribution in [2.24, 2.45) is 5.73 Å². The summed E-state index contributed by atoms with van der Waals surface area (Å²) in [6, 6.07) is 15.3. The van der Waals surface area contributed by atoms with Crippen molar-refractivity contribution < 1.29 is 4.79 Å². The minimum absolute atomic E-state index is 0.404. The van der Waals surface area contributed by atoms with Gasteiger partial charge in [-0.3, -0.25) is 4.79 Å². The predicted molar refractivity (Wildman–Crippen MR) is 70.5 cm³/mol. The molecule has 0 atom stereocenters. The molecule has 2 heteroatoms. The van der Waals surface area contributed by atoms with Crippen molar-refractivity contribution in [2.45, 2.75) is 0 Å². The molecule has 2 rings (SSSR count). The highest BCUT2D eigenvalue weighted by Crippen LogP contribution is 2.20. The normalized spacial score (nSPS) is 9.88. The van der Waals surface area contributed by atoms with Gasteiger partial charge in [0.25, 0.3) is 0 Å². The predicted octanol–water partition coefficient (Wildman–Crippen LogP) is 3.10. The molecule has 2 N–H and O–H groups in total. The van der Waals surface area contributed by atoms with Crippen LogP contribution in [0.2, 0.25) is 0 Å². The smallest absolute Gasteiger partial charge is 0.248 e. The average Bonchev–Trinajstić information content (AvgIpc) is 2.39. The maximum Gasteiger partial charge on any atom is 0.248 e. The Hall–Kier alpha value is -2.35. The summed E-state index contributed by atoms with van der Waals surface area (Å²) >= 11 is 0. The summed E-state index contributed by atoms with van der Waals surface area (Å²) in [5, 5.41) is 0. The van der Waals surface area contributed by atoms with Gasteiger partial charge in [0.05, 0.1) is 0 Å². The molecule has 84 valence electrons. The van der Waals surface area contributed by atoms with Crippen molar-refractivity contribution in [3.8, 4) is 11.1 Å². The second-order valence-corrected chi connectivity index (χ2v) is 3.77. The van der Waals surface area contributed by atoms with Gasteiger partial charge in [-0.25, -0.2) is 0 Å². The van der Waals surface area contributed by atoms with Crippen LogP contribution in [-0.4, -0.2) is 5.91 Å². The van der Waals surface area contributed by atoms with Crippen LogP contribution >= 0.6 is 0 Å². The standard InChI is InChI=1S/C15H13NO/c1-2-11-3-5-12(6-4-11)13-7-9-14(10-8-13)15(16)17/h2-10H,1H2,(H2,16,17). The van der Waals surface area contributed by atoms with Crippen LogP contribution in [0.25, 0.3) is 17.2 Å². The van der Waals surface area contributed by atoms with Gasteiger partial charge in [0, 0.05) is 5.56 Å². The van der Waals surface area contributed by atoms with Crippen molar-refractivity contribution in [1.29, 1.82) is 0 Å². The van der Waals surface area contributed by atoms with Crippen LogP contribution in [0, 0.1) is 0 Å². The number of amides is 1. The quantitative estimate of drug-likeness (QED) is 0.853. The van der Waals surface area contributed by atoms with E-state index in [1.54, 1.807) is 18.2 Å². The topological polar surface area (TPSA) is 43.1 Å². The molecule has 0 saturated carbocycles. The molecule has 0 fully saturated rings. The molecule has 0 aliphatic heterocycles. The maximum absolute atomic E-state index is 10.9. The first-order chi connectivity index (χ1) is 8.20. The van der Waals surface area contributed by atoms with Crippen molar-refractivity contribution in [3.05, 3.63) is 66.2 Å². The summed E-state index contributed by atoms with van der Waals surface area (Å²) in [5.74, 6) is -0.404. The van der Waals surface area contributed by atoms with E-state index < -0.39 is 5.91 Å². The third kappa shape index (κ3) is 2.42. The van der Waals surface area contributed by atoms with Crippen LogP contribution in [0.1, 0.15) is 15.9 Å². The van der Waals surface area contributed by atoms with Gasteiger partial charge in [-0.05, 0) is 28.8 Å². The second kappa shape index (κ2) is 4.66. The van der Waals surface area contributed by atoms with Crippen LogP contribution in [0.4, 0.5) is 0 Å². The number of hydrogen-bond acceptors (Lipinski definition) is 1. The monoisotopic (exact) mass is 223 g/mol. The molecule has 0 aliphatic carbocycles. The summed E-state index contributed by atoms with van der Waals surface area (Å²) in [7, 11) is 0.